The number of benzene rings is 3. The number of aryl methyl sites for hydroxylation is 1. The van der Waals surface area contributed by atoms with Gasteiger partial charge >= 0.3 is 0 Å². The molecule has 9 nitrogen and oxygen atoms in total. The van der Waals surface area contributed by atoms with Crippen LogP contribution in [0.1, 0.15) is 43.7 Å². The molecule has 0 spiro atoms. The van der Waals surface area contributed by atoms with Crippen LogP contribution >= 0.6 is 0 Å². The minimum absolute atomic E-state index is 0.0606. The molecule has 1 aliphatic carbocycles. The summed E-state index contributed by atoms with van der Waals surface area (Å²) in [5.41, 5.74) is 1.99. The van der Waals surface area contributed by atoms with Gasteiger partial charge in [-0.25, -0.2) is 8.42 Å². The number of carbonyl (C=O) groups is 2. The predicted molar refractivity (Wildman–Crippen MR) is 162 cm³/mol. The lowest BCUT2D eigenvalue weighted by molar-refractivity contribution is -0.139. The fourth-order valence-corrected chi connectivity index (χ4v) is 6.43. The Hall–Kier alpha value is -4.05. The van der Waals surface area contributed by atoms with Gasteiger partial charge in [-0.05, 0) is 80.8 Å². The van der Waals surface area contributed by atoms with Crippen LogP contribution in [-0.4, -0.2) is 58.0 Å². The normalized spacial score (nSPS) is 14.2. The zero-order valence-corrected chi connectivity index (χ0v) is 25.4. The number of hydrogen-bond donors (Lipinski definition) is 1. The van der Waals surface area contributed by atoms with E-state index in [2.05, 4.69) is 5.32 Å². The molecular weight excluding hydrogens is 554 g/mol. The van der Waals surface area contributed by atoms with E-state index in [0.717, 1.165) is 41.1 Å². The average molecular weight is 594 g/mol. The zero-order chi connectivity index (χ0) is 30.3. The monoisotopic (exact) mass is 593 g/mol. The second-order valence-corrected chi connectivity index (χ2v) is 12.4. The Morgan fingerprint density at radius 1 is 0.881 bits per heavy atom. The highest BCUT2D eigenvalue weighted by atomic mass is 32.2. The number of sulfonamides is 1. The fraction of sp³-hybridized carbons (Fsp3) is 0.375. The first-order valence-corrected chi connectivity index (χ1v) is 15.5. The summed E-state index contributed by atoms with van der Waals surface area (Å²) < 4.78 is 39.5. The molecule has 1 fully saturated rings. The van der Waals surface area contributed by atoms with E-state index in [1.165, 1.54) is 24.1 Å². The number of rotatable bonds is 12. The molecule has 42 heavy (non-hydrogen) atoms. The Morgan fingerprint density at radius 3 is 1.98 bits per heavy atom. The van der Waals surface area contributed by atoms with Gasteiger partial charge in [-0.3, -0.25) is 13.9 Å². The van der Waals surface area contributed by atoms with Crippen LogP contribution in [0.25, 0.3) is 0 Å². The number of anilines is 1. The Bertz CT molecular complexity index is 1450. The first-order valence-electron chi connectivity index (χ1n) is 14.1. The van der Waals surface area contributed by atoms with Crippen LogP contribution in [0.15, 0.2) is 77.7 Å². The molecule has 0 aliphatic heterocycles. The molecule has 0 heterocycles. The summed E-state index contributed by atoms with van der Waals surface area (Å²) in [6.45, 7) is 3.16. The lowest BCUT2D eigenvalue weighted by atomic mass is 10.1. The van der Waals surface area contributed by atoms with Gasteiger partial charge < -0.3 is 19.7 Å². The maximum absolute atomic E-state index is 14.1. The van der Waals surface area contributed by atoms with Crippen molar-refractivity contribution in [1.29, 1.82) is 0 Å². The van der Waals surface area contributed by atoms with E-state index >= 15 is 0 Å². The predicted octanol–water partition coefficient (Wildman–Crippen LogP) is 4.68. The molecule has 3 aromatic carbocycles. The summed E-state index contributed by atoms with van der Waals surface area (Å²) in [6, 6.07) is 19.4. The second-order valence-electron chi connectivity index (χ2n) is 10.6. The van der Waals surface area contributed by atoms with Gasteiger partial charge in [-0.1, -0.05) is 42.7 Å². The van der Waals surface area contributed by atoms with Crippen LogP contribution in [0.5, 0.6) is 11.5 Å². The molecule has 4 rings (SSSR count). The number of ether oxygens (including phenoxy) is 2. The van der Waals surface area contributed by atoms with Crippen LogP contribution in [-0.2, 0) is 26.2 Å². The number of amides is 2. The summed E-state index contributed by atoms with van der Waals surface area (Å²) in [6.07, 6.45) is 3.93. The van der Waals surface area contributed by atoms with Gasteiger partial charge in [0.15, 0.2) is 0 Å². The molecule has 1 saturated carbocycles. The Morgan fingerprint density at radius 2 is 1.43 bits per heavy atom. The quantitative estimate of drug-likeness (QED) is 0.327. The summed E-state index contributed by atoms with van der Waals surface area (Å²) in [5.74, 6) is 0.446. The fourth-order valence-electron chi connectivity index (χ4n) is 5.02. The van der Waals surface area contributed by atoms with Crippen molar-refractivity contribution in [3.8, 4) is 11.5 Å². The molecule has 0 radical (unpaired) electrons. The molecular formula is C32H39N3O6S. The van der Waals surface area contributed by atoms with E-state index < -0.39 is 28.5 Å². The molecule has 2 amide bonds. The van der Waals surface area contributed by atoms with E-state index in [-0.39, 0.29) is 23.4 Å². The molecule has 3 aromatic rings. The van der Waals surface area contributed by atoms with E-state index in [1.54, 1.807) is 62.6 Å². The summed E-state index contributed by atoms with van der Waals surface area (Å²) >= 11 is 0. The Balaban J connectivity index is 1.68. The first-order chi connectivity index (χ1) is 20.1. The first kappa shape index (κ1) is 30.9. The van der Waals surface area contributed by atoms with Crippen molar-refractivity contribution in [2.75, 3.05) is 25.1 Å². The van der Waals surface area contributed by atoms with Crippen molar-refractivity contribution in [3.63, 3.8) is 0 Å². The van der Waals surface area contributed by atoms with Crippen LogP contribution < -0.4 is 19.1 Å². The largest absolute Gasteiger partial charge is 0.497 e. The number of methoxy groups -OCH3 is 2. The summed E-state index contributed by atoms with van der Waals surface area (Å²) in [7, 11) is -1.04. The van der Waals surface area contributed by atoms with Crippen LogP contribution in [0.2, 0.25) is 0 Å². The van der Waals surface area contributed by atoms with Gasteiger partial charge in [0.1, 0.15) is 24.1 Å². The number of nitrogens with one attached hydrogen (secondary N) is 1. The Kier molecular flexibility index (Phi) is 10.1. The third-order valence-electron chi connectivity index (χ3n) is 7.63. The van der Waals surface area contributed by atoms with Gasteiger partial charge in [0.25, 0.3) is 10.0 Å². The molecule has 1 atom stereocenters. The van der Waals surface area contributed by atoms with Crippen LogP contribution in [0.4, 0.5) is 5.69 Å². The topological polar surface area (TPSA) is 105 Å². The zero-order valence-electron chi connectivity index (χ0n) is 24.6. The molecule has 0 aromatic heterocycles. The summed E-state index contributed by atoms with van der Waals surface area (Å²) in [5, 5.41) is 3.08. The third kappa shape index (κ3) is 7.42. The van der Waals surface area contributed by atoms with E-state index in [9.17, 15) is 18.0 Å². The molecule has 10 heteroatoms. The van der Waals surface area contributed by atoms with Crippen LogP contribution in [0, 0.1) is 6.92 Å². The minimum atomic E-state index is -4.14. The van der Waals surface area contributed by atoms with Crippen molar-refractivity contribution in [3.05, 3.63) is 83.9 Å². The van der Waals surface area contributed by atoms with Gasteiger partial charge in [-0.15, -0.1) is 0 Å². The van der Waals surface area contributed by atoms with Crippen LogP contribution in [0.3, 0.4) is 0 Å². The average Bonchev–Trinajstić information content (AvgIpc) is 3.51. The van der Waals surface area contributed by atoms with Gasteiger partial charge in [0.2, 0.25) is 11.8 Å². The van der Waals surface area contributed by atoms with E-state index in [1.807, 2.05) is 19.1 Å². The number of carbonyl (C=O) groups excluding carboxylic acids is 2. The van der Waals surface area contributed by atoms with Crippen molar-refractivity contribution >= 4 is 27.5 Å². The van der Waals surface area contributed by atoms with Crippen molar-refractivity contribution < 1.29 is 27.5 Å². The molecule has 1 aliphatic rings. The maximum atomic E-state index is 14.1. The standard InChI is InChI=1S/C32H39N3O6S/c1-23-9-19-30(20-10-23)42(38,39)35(27-13-17-29(41-4)18-14-27)22-31(36)34(21-25-11-15-28(40-3)16-12-25)24(2)32(37)33-26-7-5-6-8-26/h9-20,24,26H,5-8,21-22H2,1-4H3,(H,33,37)/t24-/m0/s1. The molecule has 0 bridgehead atoms. The van der Waals surface area contributed by atoms with Gasteiger partial charge in [0.05, 0.1) is 24.8 Å². The van der Waals surface area contributed by atoms with Gasteiger partial charge in [-0.2, -0.15) is 0 Å². The van der Waals surface area contributed by atoms with Crippen molar-refractivity contribution in [2.24, 2.45) is 0 Å². The number of hydrogen-bond acceptors (Lipinski definition) is 6. The highest BCUT2D eigenvalue weighted by Gasteiger charge is 2.33. The Labute approximate surface area is 248 Å². The lowest BCUT2D eigenvalue weighted by Gasteiger charge is -2.32. The highest BCUT2D eigenvalue weighted by Crippen LogP contribution is 2.27. The van der Waals surface area contributed by atoms with E-state index in [0.29, 0.717) is 17.2 Å². The smallest absolute Gasteiger partial charge is 0.264 e. The van der Waals surface area contributed by atoms with Crippen molar-refractivity contribution in [1.82, 2.24) is 10.2 Å². The van der Waals surface area contributed by atoms with Crippen molar-refractivity contribution in [2.45, 2.75) is 63.1 Å². The lowest BCUT2D eigenvalue weighted by Crippen LogP contribution is -2.52. The van der Waals surface area contributed by atoms with E-state index in [4.69, 9.17) is 9.47 Å². The molecule has 224 valence electrons. The SMILES string of the molecule is COc1ccc(CN(C(=O)CN(c2ccc(OC)cc2)S(=O)(=O)c2ccc(C)cc2)[C@@H](C)C(=O)NC2CCCC2)cc1. The van der Waals surface area contributed by atoms with Gasteiger partial charge in [0, 0.05) is 12.6 Å². The maximum Gasteiger partial charge on any atom is 0.264 e. The highest BCUT2D eigenvalue weighted by molar-refractivity contribution is 7.92. The second kappa shape index (κ2) is 13.7. The molecule has 1 N–H and O–H groups in total. The summed E-state index contributed by atoms with van der Waals surface area (Å²) in [4.78, 5) is 28.9. The molecule has 0 saturated heterocycles. The minimum Gasteiger partial charge on any atom is -0.497 e. The third-order valence-corrected chi connectivity index (χ3v) is 9.42. The molecule has 0 unspecified atom stereocenters. The number of nitrogens with zero attached hydrogens (tertiary/aromatic N) is 2.